The summed E-state index contributed by atoms with van der Waals surface area (Å²) in [7, 11) is 0. The van der Waals surface area contributed by atoms with Crippen molar-refractivity contribution in [2.45, 2.75) is 13.0 Å². The molecular formula is C18H13Cl3O3. The molecule has 6 heteroatoms. The van der Waals surface area contributed by atoms with E-state index in [0.29, 0.717) is 26.2 Å². The first-order valence-corrected chi connectivity index (χ1v) is 8.14. The van der Waals surface area contributed by atoms with Crippen molar-refractivity contribution in [3.8, 4) is 0 Å². The normalized spacial score (nSPS) is 12.2. The van der Waals surface area contributed by atoms with Gasteiger partial charge >= 0.3 is 5.97 Å². The quantitative estimate of drug-likeness (QED) is 0.390. The molecule has 0 aromatic heterocycles. The third kappa shape index (κ3) is 5.10. The first kappa shape index (κ1) is 18.5. The average Bonchev–Trinajstić information content (AvgIpc) is 2.54. The van der Waals surface area contributed by atoms with Gasteiger partial charge in [-0.15, -0.1) is 0 Å². The molecule has 2 rings (SSSR count). The molecule has 2 aromatic rings. The van der Waals surface area contributed by atoms with Crippen LogP contribution in [0.2, 0.25) is 15.1 Å². The highest BCUT2D eigenvalue weighted by Gasteiger charge is 2.18. The Morgan fingerprint density at radius 2 is 1.62 bits per heavy atom. The maximum absolute atomic E-state index is 12.2. The Hall–Kier alpha value is -1.81. The fourth-order valence-electron chi connectivity index (χ4n) is 1.91. The van der Waals surface area contributed by atoms with Crippen LogP contribution in [0, 0.1) is 0 Å². The lowest BCUT2D eigenvalue weighted by Gasteiger charge is -2.10. The van der Waals surface area contributed by atoms with Crippen molar-refractivity contribution < 1.29 is 14.3 Å². The van der Waals surface area contributed by atoms with Gasteiger partial charge in [-0.1, -0.05) is 40.9 Å². The van der Waals surface area contributed by atoms with Crippen LogP contribution < -0.4 is 0 Å². The Balaban J connectivity index is 1.99. The molecule has 0 saturated heterocycles. The summed E-state index contributed by atoms with van der Waals surface area (Å²) in [4.78, 5) is 24.0. The molecular weight excluding hydrogens is 371 g/mol. The van der Waals surface area contributed by atoms with E-state index >= 15 is 0 Å². The second kappa shape index (κ2) is 8.34. The lowest BCUT2D eigenvalue weighted by Crippen LogP contribution is -2.23. The fourth-order valence-corrected chi connectivity index (χ4v) is 2.51. The van der Waals surface area contributed by atoms with E-state index < -0.39 is 12.1 Å². The maximum Gasteiger partial charge on any atom is 0.331 e. The van der Waals surface area contributed by atoms with Crippen molar-refractivity contribution >= 4 is 52.6 Å². The highest BCUT2D eigenvalue weighted by Crippen LogP contribution is 2.22. The molecule has 0 aliphatic heterocycles. The second-order valence-corrected chi connectivity index (χ2v) is 6.23. The van der Waals surface area contributed by atoms with Crippen LogP contribution in [-0.4, -0.2) is 17.9 Å². The molecule has 0 aliphatic carbocycles. The molecule has 0 fully saturated rings. The summed E-state index contributed by atoms with van der Waals surface area (Å²) in [6, 6.07) is 11.3. The van der Waals surface area contributed by atoms with Gasteiger partial charge in [0.2, 0.25) is 5.78 Å². The zero-order valence-corrected chi connectivity index (χ0v) is 14.9. The SMILES string of the molecule is C[C@H](OC(=O)/C=C/c1ccc(Cl)cc1Cl)C(=O)c1ccc(Cl)cc1. The van der Waals surface area contributed by atoms with E-state index in [9.17, 15) is 9.59 Å². The standard InChI is InChI=1S/C18H13Cl3O3/c1-11(18(23)13-3-6-14(19)7-4-13)24-17(22)9-5-12-2-8-15(20)10-16(12)21/h2-11H,1H3/b9-5+/t11-/m0/s1. The number of esters is 1. The summed E-state index contributed by atoms with van der Waals surface area (Å²) in [6.45, 7) is 1.51. The molecule has 0 N–H and O–H groups in total. The lowest BCUT2D eigenvalue weighted by molar-refractivity contribution is -0.140. The van der Waals surface area contributed by atoms with E-state index in [4.69, 9.17) is 39.5 Å². The van der Waals surface area contributed by atoms with Crippen LogP contribution in [0.4, 0.5) is 0 Å². The number of Topliss-reactive ketones (excluding diaryl/α,β-unsaturated/α-hetero) is 1. The molecule has 0 amide bonds. The van der Waals surface area contributed by atoms with E-state index in [1.165, 1.54) is 19.1 Å². The predicted octanol–water partition coefficient (Wildman–Crippen LogP) is 5.47. The van der Waals surface area contributed by atoms with Crippen LogP contribution in [0.1, 0.15) is 22.8 Å². The highest BCUT2D eigenvalue weighted by molar-refractivity contribution is 6.35. The molecule has 0 saturated carbocycles. The molecule has 3 nitrogen and oxygen atoms in total. The Bertz CT molecular complexity index is 783. The number of ether oxygens (including phenoxy) is 1. The van der Waals surface area contributed by atoms with Crippen molar-refractivity contribution in [1.82, 2.24) is 0 Å². The largest absolute Gasteiger partial charge is 0.451 e. The van der Waals surface area contributed by atoms with Gasteiger partial charge in [-0.3, -0.25) is 4.79 Å². The topological polar surface area (TPSA) is 43.4 Å². The summed E-state index contributed by atoms with van der Waals surface area (Å²) in [5, 5.41) is 1.44. The number of carbonyl (C=O) groups excluding carboxylic acids is 2. The van der Waals surface area contributed by atoms with Gasteiger partial charge in [0.15, 0.2) is 6.10 Å². The van der Waals surface area contributed by atoms with Gasteiger partial charge in [0.05, 0.1) is 0 Å². The number of ketones is 1. The average molecular weight is 384 g/mol. The molecule has 0 aliphatic rings. The summed E-state index contributed by atoms with van der Waals surface area (Å²) >= 11 is 17.6. The van der Waals surface area contributed by atoms with E-state index in [1.54, 1.807) is 42.5 Å². The van der Waals surface area contributed by atoms with Crippen LogP contribution in [0.5, 0.6) is 0 Å². The van der Waals surface area contributed by atoms with Crippen molar-refractivity contribution in [3.63, 3.8) is 0 Å². The van der Waals surface area contributed by atoms with Gasteiger partial charge in [-0.05, 0) is 55.0 Å². The molecule has 2 aromatic carbocycles. The van der Waals surface area contributed by atoms with Crippen molar-refractivity contribution in [2.24, 2.45) is 0 Å². The van der Waals surface area contributed by atoms with Crippen LogP contribution in [0.3, 0.4) is 0 Å². The third-order valence-electron chi connectivity index (χ3n) is 3.15. The third-order valence-corrected chi connectivity index (χ3v) is 3.97. The molecule has 1 atom stereocenters. The maximum atomic E-state index is 12.2. The van der Waals surface area contributed by atoms with E-state index in [-0.39, 0.29) is 5.78 Å². The first-order chi connectivity index (χ1) is 11.4. The number of hydrogen-bond acceptors (Lipinski definition) is 3. The first-order valence-electron chi connectivity index (χ1n) is 7.00. The zero-order valence-electron chi connectivity index (χ0n) is 12.6. The monoisotopic (exact) mass is 382 g/mol. The molecule has 0 bridgehead atoms. The summed E-state index contributed by atoms with van der Waals surface area (Å²) in [5.41, 5.74) is 1.04. The zero-order chi connectivity index (χ0) is 17.7. The molecule has 124 valence electrons. The molecule has 0 spiro atoms. The van der Waals surface area contributed by atoms with Crippen LogP contribution in [0.25, 0.3) is 6.08 Å². The van der Waals surface area contributed by atoms with E-state index in [2.05, 4.69) is 0 Å². The Labute approximate surface area is 154 Å². The van der Waals surface area contributed by atoms with Gasteiger partial charge in [-0.2, -0.15) is 0 Å². The van der Waals surface area contributed by atoms with Crippen LogP contribution in [0.15, 0.2) is 48.5 Å². The highest BCUT2D eigenvalue weighted by atomic mass is 35.5. The van der Waals surface area contributed by atoms with Gasteiger partial charge < -0.3 is 4.74 Å². The molecule has 0 radical (unpaired) electrons. The number of rotatable bonds is 5. The smallest absolute Gasteiger partial charge is 0.331 e. The van der Waals surface area contributed by atoms with Crippen LogP contribution >= 0.6 is 34.8 Å². The minimum Gasteiger partial charge on any atom is -0.451 e. The Morgan fingerprint density at radius 3 is 2.25 bits per heavy atom. The fraction of sp³-hybridized carbons (Fsp3) is 0.111. The van der Waals surface area contributed by atoms with E-state index in [0.717, 1.165) is 0 Å². The van der Waals surface area contributed by atoms with Gasteiger partial charge in [0.1, 0.15) is 0 Å². The van der Waals surface area contributed by atoms with Crippen molar-refractivity contribution in [1.29, 1.82) is 0 Å². The second-order valence-electron chi connectivity index (χ2n) is 4.95. The predicted molar refractivity (Wildman–Crippen MR) is 96.8 cm³/mol. The molecule has 0 unspecified atom stereocenters. The van der Waals surface area contributed by atoms with Crippen LogP contribution in [-0.2, 0) is 9.53 Å². The minimum absolute atomic E-state index is 0.307. The van der Waals surface area contributed by atoms with Crippen molar-refractivity contribution in [2.75, 3.05) is 0 Å². The molecule has 0 heterocycles. The van der Waals surface area contributed by atoms with Gasteiger partial charge in [-0.25, -0.2) is 4.79 Å². The number of benzene rings is 2. The minimum atomic E-state index is -0.913. The lowest BCUT2D eigenvalue weighted by atomic mass is 10.1. The van der Waals surface area contributed by atoms with E-state index in [1.807, 2.05) is 0 Å². The number of carbonyl (C=O) groups is 2. The van der Waals surface area contributed by atoms with Crippen molar-refractivity contribution in [3.05, 3.63) is 74.7 Å². The van der Waals surface area contributed by atoms with Gasteiger partial charge in [0, 0.05) is 26.7 Å². The number of halogens is 3. The Kier molecular flexibility index (Phi) is 6.44. The van der Waals surface area contributed by atoms with Gasteiger partial charge in [0.25, 0.3) is 0 Å². The summed E-state index contributed by atoms with van der Waals surface area (Å²) in [6.07, 6.45) is 1.80. The summed E-state index contributed by atoms with van der Waals surface area (Å²) in [5.74, 6) is -0.950. The Morgan fingerprint density at radius 1 is 1.00 bits per heavy atom. The molecule has 24 heavy (non-hydrogen) atoms. The summed E-state index contributed by atoms with van der Waals surface area (Å²) < 4.78 is 5.10. The number of hydrogen-bond donors (Lipinski definition) is 0.